The van der Waals surface area contributed by atoms with Crippen LogP contribution in [0.4, 0.5) is 0 Å². The van der Waals surface area contributed by atoms with Crippen molar-refractivity contribution in [2.45, 2.75) is 19.3 Å². The van der Waals surface area contributed by atoms with Gasteiger partial charge in [0.15, 0.2) is 0 Å². The Morgan fingerprint density at radius 2 is 1.92 bits per heavy atom. The van der Waals surface area contributed by atoms with Gasteiger partial charge in [-0.3, -0.25) is 0 Å². The van der Waals surface area contributed by atoms with Crippen molar-refractivity contribution >= 4 is 11.9 Å². The number of esters is 2. The Morgan fingerprint density at radius 1 is 1.25 bits per heavy atom. The Morgan fingerprint density at radius 3 is 2.58 bits per heavy atom. The lowest BCUT2D eigenvalue weighted by Gasteiger charge is -2.14. The van der Waals surface area contributed by atoms with Crippen molar-refractivity contribution in [2.75, 3.05) is 0 Å². The second-order valence-corrected chi connectivity index (χ2v) is 4.14. The van der Waals surface area contributed by atoms with Gasteiger partial charge in [-0.05, 0) is 31.1 Å². The zero-order valence-corrected chi connectivity index (χ0v) is 6.69. The van der Waals surface area contributed by atoms with Crippen molar-refractivity contribution in [2.24, 2.45) is 23.7 Å². The van der Waals surface area contributed by atoms with Gasteiger partial charge in [0, 0.05) is 0 Å². The van der Waals surface area contributed by atoms with Gasteiger partial charge in [0.1, 0.15) is 11.8 Å². The van der Waals surface area contributed by atoms with E-state index in [9.17, 15) is 9.59 Å². The van der Waals surface area contributed by atoms with Crippen LogP contribution in [0.15, 0.2) is 0 Å². The summed E-state index contributed by atoms with van der Waals surface area (Å²) in [5.74, 6) is 0.880. The Hall–Kier alpha value is -0.860. The van der Waals surface area contributed by atoms with E-state index in [1.54, 1.807) is 0 Å². The number of rotatable bonds is 0. The Bertz CT molecular complexity index is 245. The number of cyclic esters (lactones) is 2. The normalized spacial score (nSPS) is 49.7. The predicted octanol–water partition coefficient (Wildman–Crippen LogP) is 0.708. The Labute approximate surface area is 70.1 Å². The van der Waals surface area contributed by atoms with E-state index >= 15 is 0 Å². The van der Waals surface area contributed by atoms with Gasteiger partial charge in [0.2, 0.25) is 0 Å². The second-order valence-electron chi connectivity index (χ2n) is 4.14. The molecule has 3 fully saturated rings. The van der Waals surface area contributed by atoms with Crippen LogP contribution in [-0.2, 0) is 9.53 Å². The van der Waals surface area contributed by atoms with Crippen LogP contribution in [0, 0.1) is 23.7 Å². The molecule has 0 amide bonds. The van der Waals surface area contributed by atoms with Crippen molar-refractivity contribution in [3.05, 3.63) is 0 Å². The first-order valence-corrected chi connectivity index (χ1v) is 4.55. The number of carbonyl (C=O) groups excluding carboxylic acids is 2. The second kappa shape index (κ2) is 1.90. The molecule has 3 rings (SSSR count). The summed E-state index contributed by atoms with van der Waals surface area (Å²) in [5, 5.41) is 0. The molecule has 0 spiro atoms. The number of ether oxygens (including phenoxy) is 1. The lowest BCUT2D eigenvalue weighted by molar-refractivity contribution is -0.138. The quantitative estimate of drug-likeness (QED) is 0.303. The van der Waals surface area contributed by atoms with Crippen molar-refractivity contribution in [3.63, 3.8) is 0 Å². The summed E-state index contributed by atoms with van der Waals surface area (Å²) < 4.78 is 4.74. The molecule has 1 N–H and O–H groups in total. The molecule has 3 nitrogen and oxygen atoms in total. The standard InChI is InChI=1S/C9H10O3/c10-8-6-4-1-2-5(3-4)7(6)9(11)12-8/h4-7H,1-3H2/p+1. The molecule has 2 aliphatic carbocycles. The van der Waals surface area contributed by atoms with Gasteiger partial charge in [-0.2, -0.15) is 0 Å². The maximum Gasteiger partial charge on any atom is 0.495 e. The van der Waals surface area contributed by atoms with Crippen molar-refractivity contribution in [1.29, 1.82) is 0 Å². The van der Waals surface area contributed by atoms with Gasteiger partial charge in [-0.1, -0.05) is 0 Å². The fraction of sp³-hybridized carbons (Fsp3) is 0.778. The highest BCUT2D eigenvalue weighted by atomic mass is 16.6. The fourth-order valence-electron chi connectivity index (χ4n) is 3.22. The average Bonchev–Trinajstić information content (AvgIpc) is 2.64. The van der Waals surface area contributed by atoms with Gasteiger partial charge in [0.25, 0.3) is 0 Å². The van der Waals surface area contributed by atoms with Gasteiger partial charge in [0.05, 0.1) is 0 Å². The van der Waals surface area contributed by atoms with Gasteiger partial charge >= 0.3 is 11.9 Å². The lowest BCUT2D eigenvalue weighted by atomic mass is 9.81. The summed E-state index contributed by atoms with van der Waals surface area (Å²) in [6.07, 6.45) is 3.43. The number of hydrogen-bond donors (Lipinski definition) is 0. The molecule has 4 unspecified atom stereocenters. The van der Waals surface area contributed by atoms with Crippen LogP contribution >= 0.6 is 0 Å². The molecule has 3 heteroatoms. The third kappa shape index (κ3) is 0.586. The summed E-state index contributed by atoms with van der Waals surface area (Å²) in [6, 6.07) is 0. The van der Waals surface area contributed by atoms with E-state index in [0.717, 1.165) is 19.3 Å². The summed E-state index contributed by atoms with van der Waals surface area (Å²) in [5.41, 5.74) is 0. The van der Waals surface area contributed by atoms with Gasteiger partial charge < -0.3 is 4.79 Å². The maximum atomic E-state index is 11.3. The first-order chi connectivity index (χ1) is 5.77. The minimum atomic E-state index is -0.190. The van der Waals surface area contributed by atoms with E-state index in [1.165, 1.54) is 0 Å². The topological polar surface area (TPSA) is 47.7 Å². The Balaban J connectivity index is 2.03. The molecular formula is C9H11O3+. The highest BCUT2D eigenvalue weighted by Gasteiger charge is 2.65. The zero-order valence-electron chi connectivity index (χ0n) is 6.69. The van der Waals surface area contributed by atoms with Crippen molar-refractivity contribution < 1.29 is 14.3 Å². The molecule has 12 heavy (non-hydrogen) atoms. The lowest BCUT2D eigenvalue weighted by Crippen LogP contribution is -2.24. The largest absolute Gasteiger partial charge is 0.495 e. The van der Waals surface area contributed by atoms with E-state index in [2.05, 4.69) is 0 Å². The maximum absolute atomic E-state index is 11.3. The third-order valence-corrected chi connectivity index (χ3v) is 3.68. The predicted molar refractivity (Wildman–Crippen MR) is 40.8 cm³/mol. The molecule has 0 aromatic heterocycles. The molecule has 4 atom stereocenters. The van der Waals surface area contributed by atoms with E-state index in [4.69, 9.17) is 4.74 Å². The molecule has 0 radical (unpaired) electrons. The molecule has 2 bridgehead atoms. The minimum absolute atomic E-state index is 0.00259. The number of fused-ring (bicyclic) bond motifs is 5. The van der Waals surface area contributed by atoms with Crippen LogP contribution in [0.1, 0.15) is 19.3 Å². The SMILES string of the molecule is O=C1OC(=[OH+])C2C3CCC(C3)C12. The van der Waals surface area contributed by atoms with Crippen LogP contribution in [0.3, 0.4) is 0 Å². The highest BCUT2D eigenvalue weighted by molar-refractivity contribution is 5.98. The van der Waals surface area contributed by atoms with E-state index in [1.807, 2.05) is 0 Å². The van der Waals surface area contributed by atoms with Crippen molar-refractivity contribution in [1.82, 2.24) is 0 Å². The van der Waals surface area contributed by atoms with E-state index in [-0.39, 0.29) is 23.8 Å². The highest BCUT2D eigenvalue weighted by Crippen LogP contribution is 2.55. The molecular weight excluding hydrogens is 156 g/mol. The molecule has 2 saturated carbocycles. The molecule has 0 aromatic rings. The number of carbonyl (C=O) groups is 1. The van der Waals surface area contributed by atoms with Gasteiger partial charge in [-0.25, -0.2) is 9.53 Å². The van der Waals surface area contributed by atoms with Crippen LogP contribution in [-0.4, -0.2) is 16.7 Å². The fourth-order valence-corrected chi connectivity index (χ4v) is 3.22. The van der Waals surface area contributed by atoms with E-state index in [0.29, 0.717) is 11.8 Å². The molecule has 3 aliphatic rings. The summed E-state index contributed by atoms with van der Waals surface area (Å²) in [4.78, 5) is 20.6. The van der Waals surface area contributed by atoms with E-state index < -0.39 is 0 Å². The molecule has 1 aliphatic heterocycles. The monoisotopic (exact) mass is 167 g/mol. The first kappa shape index (κ1) is 6.63. The zero-order chi connectivity index (χ0) is 8.29. The van der Waals surface area contributed by atoms with Crippen molar-refractivity contribution in [3.8, 4) is 0 Å². The van der Waals surface area contributed by atoms with Crippen LogP contribution in [0.2, 0.25) is 0 Å². The molecule has 64 valence electrons. The Kier molecular flexibility index (Phi) is 1.05. The van der Waals surface area contributed by atoms with Gasteiger partial charge in [-0.15, -0.1) is 0 Å². The minimum Gasteiger partial charge on any atom is -0.338 e. The molecule has 1 saturated heterocycles. The molecule has 1 heterocycles. The van der Waals surface area contributed by atoms with Crippen LogP contribution in [0.5, 0.6) is 0 Å². The summed E-state index contributed by atoms with van der Waals surface area (Å²) in [6.45, 7) is 0. The van der Waals surface area contributed by atoms with Crippen LogP contribution < -0.4 is 0 Å². The first-order valence-electron chi connectivity index (χ1n) is 4.55. The third-order valence-electron chi connectivity index (χ3n) is 3.68. The summed E-state index contributed by atoms with van der Waals surface area (Å²) in [7, 11) is 0. The average molecular weight is 167 g/mol. The van der Waals surface area contributed by atoms with Crippen LogP contribution in [0.25, 0.3) is 0 Å². The number of hydrogen-bond acceptors (Lipinski definition) is 2. The smallest absolute Gasteiger partial charge is 0.338 e. The molecule has 0 aromatic carbocycles. The summed E-state index contributed by atoms with van der Waals surface area (Å²) >= 11 is 0.